The zero-order chi connectivity index (χ0) is 17.5. The van der Waals surface area contributed by atoms with Gasteiger partial charge in [0.15, 0.2) is 5.11 Å². The van der Waals surface area contributed by atoms with Gasteiger partial charge >= 0.3 is 0 Å². The van der Waals surface area contributed by atoms with Gasteiger partial charge in [0.05, 0.1) is 6.04 Å². The fourth-order valence-electron chi connectivity index (χ4n) is 2.56. The van der Waals surface area contributed by atoms with E-state index in [1.807, 2.05) is 6.07 Å². The summed E-state index contributed by atoms with van der Waals surface area (Å²) >= 11 is 5.51. The highest BCUT2D eigenvalue weighted by Gasteiger charge is 2.13. The average molecular weight is 342 g/mol. The molecule has 2 N–H and O–H groups in total. The van der Waals surface area contributed by atoms with Gasteiger partial charge in [-0.05, 0) is 55.5 Å². The van der Waals surface area contributed by atoms with Crippen molar-refractivity contribution in [2.24, 2.45) is 0 Å². The molecule has 0 unspecified atom stereocenters. The third kappa shape index (κ3) is 5.62. The van der Waals surface area contributed by atoms with Crippen LogP contribution in [0.25, 0.3) is 0 Å². The Labute approximate surface area is 151 Å². The number of likely N-dealkylation sites (N-methyl/N-ethyl adjacent to an activating group) is 1. The van der Waals surface area contributed by atoms with Crippen LogP contribution >= 0.6 is 12.2 Å². The summed E-state index contributed by atoms with van der Waals surface area (Å²) in [6.07, 6.45) is 0. The highest BCUT2D eigenvalue weighted by Crippen LogP contribution is 2.18. The van der Waals surface area contributed by atoms with E-state index >= 15 is 0 Å². The van der Waals surface area contributed by atoms with Gasteiger partial charge < -0.3 is 15.5 Å². The van der Waals surface area contributed by atoms with E-state index in [1.165, 1.54) is 11.1 Å². The Hall–Kier alpha value is -1.91. The summed E-state index contributed by atoms with van der Waals surface area (Å²) in [4.78, 5) is 2.16. The zero-order valence-electron chi connectivity index (χ0n) is 14.9. The first-order valence-corrected chi connectivity index (χ1v) is 8.73. The van der Waals surface area contributed by atoms with Gasteiger partial charge in [0.2, 0.25) is 0 Å². The molecule has 2 rings (SSSR count). The smallest absolute Gasteiger partial charge is 0.171 e. The van der Waals surface area contributed by atoms with E-state index in [1.54, 1.807) is 0 Å². The predicted octanol–water partition coefficient (Wildman–Crippen LogP) is 4.40. The second-order valence-electron chi connectivity index (χ2n) is 6.60. The molecule has 1 atom stereocenters. The third-order valence-electron chi connectivity index (χ3n) is 3.89. The second-order valence-corrected chi connectivity index (χ2v) is 7.01. The Kier molecular flexibility index (Phi) is 6.76. The molecule has 3 nitrogen and oxygen atoms in total. The summed E-state index contributed by atoms with van der Waals surface area (Å²) in [7, 11) is 4.14. The first kappa shape index (κ1) is 18.4. The van der Waals surface area contributed by atoms with E-state index in [2.05, 4.69) is 92.0 Å². The van der Waals surface area contributed by atoms with Gasteiger partial charge in [-0.2, -0.15) is 0 Å². The lowest BCUT2D eigenvalue weighted by atomic mass is 10.0. The van der Waals surface area contributed by atoms with Crippen LogP contribution in [0.2, 0.25) is 0 Å². The number of benzene rings is 2. The van der Waals surface area contributed by atoms with Gasteiger partial charge in [-0.25, -0.2) is 0 Å². The molecule has 0 saturated heterocycles. The van der Waals surface area contributed by atoms with Crippen LogP contribution in [-0.4, -0.2) is 30.7 Å². The number of nitrogens with zero attached hydrogens (tertiary/aromatic N) is 1. The molecule has 0 radical (unpaired) electrons. The summed E-state index contributed by atoms with van der Waals surface area (Å²) < 4.78 is 0. The lowest BCUT2D eigenvalue weighted by molar-refractivity contribution is 0.363. The molecular weight excluding hydrogens is 314 g/mol. The Bertz CT molecular complexity index is 636. The van der Waals surface area contributed by atoms with Crippen molar-refractivity contribution in [3.8, 4) is 0 Å². The van der Waals surface area contributed by atoms with Crippen LogP contribution in [0.5, 0.6) is 0 Å². The van der Waals surface area contributed by atoms with Crippen LogP contribution in [0.3, 0.4) is 0 Å². The van der Waals surface area contributed by atoms with Crippen molar-refractivity contribution < 1.29 is 0 Å². The predicted molar refractivity (Wildman–Crippen MR) is 108 cm³/mol. The quantitative estimate of drug-likeness (QED) is 0.762. The van der Waals surface area contributed by atoms with Gasteiger partial charge in [-0.1, -0.05) is 56.3 Å². The molecular formula is C20H27N3S. The van der Waals surface area contributed by atoms with Gasteiger partial charge in [-0.15, -0.1) is 0 Å². The number of nitrogens with one attached hydrogen (secondary N) is 2. The fraction of sp³-hybridized carbons (Fsp3) is 0.350. The number of thiocarbonyl (C=S) groups is 1. The summed E-state index contributed by atoms with van der Waals surface area (Å²) in [5.41, 5.74) is 3.56. The minimum atomic E-state index is 0.149. The molecule has 0 saturated carbocycles. The Morgan fingerprint density at radius 1 is 0.958 bits per heavy atom. The third-order valence-corrected chi connectivity index (χ3v) is 4.11. The molecule has 4 heteroatoms. The van der Waals surface area contributed by atoms with Gasteiger partial charge in [0, 0.05) is 12.2 Å². The molecule has 0 heterocycles. The monoisotopic (exact) mass is 341 g/mol. The summed E-state index contributed by atoms with van der Waals surface area (Å²) in [5, 5.41) is 7.35. The molecule has 0 spiro atoms. The van der Waals surface area contributed by atoms with Crippen molar-refractivity contribution in [1.29, 1.82) is 0 Å². The lowest BCUT2D eigenvalue weighted by Gasteiger charge is -2.24. The van der Waals surface area contributed by atoms with Crippen molar-refractivity contribution in [2.75, 3.05) is 26.0 Å². The van der Waals surface area contributed by atoms with E-state index in [-0.39, 0.29) is 6.04 Å². The first-order chi connectivity index (χ1) is 11.5. The van der Waals surface area contributed by atoms with E-state index in [9.17, 15) is 0 Å². The van der Waals surface area contributed by atoms with Crippen LogP contribution in [0.15, 0.2) is 54.6 Å². The molecule has 0 fully saturated rings. The van der Waals surface area contributed by atoms with Crippen LogP contribution in [0.1, 0.15) is 36.9 Å². The van der Waals surface area contributed by atoms with E-state index < -0.39 is 0 Å². The fourth-order valence-corrected chi connectivity index (χ4v) is 2.82. The van der Waals surface area contributed by atoms with Crippen molar-refractivity contribution in [3.05, 3.63) is 65.7 Å². The second kappa shape index (κ2) is 8.81. The van der Waals surface area contributed by atoms with Crippen LogP contribution in [-0.2, 0) is 0 Å². The Morgan fingerprint density at radius 3 is 2.12 bits per heavy atom. The molecule has 0 aliphatic carbocycles. The lowest BCUT2D eigenvalue weighted by Crippen LogP contribution is -2.37. The van der Waals surface area contributed by atoms with Crippen LogP contribution < -0.4 is 10.6 Å². The van der Waals surface area contributed by atoms with Crippen molar-refractivity contribution >= 4 is 23.0 Å². The molecule has 0 amide bonds. The molecule has 2 aromatic rings. The number of hydrogen-bond donors (Lipinski definition) is 2. The maximum absolute atomic E-state index is 5.51. The highest BCUT2D eigenvalue weighted by atomic mass is 32.1. The largest absolute Gasteiger partial charge is 0.354 e. The number of rotatable bonds is 6. The maximum atomic E-state index is 5.51. The Morgan fingerprint density at radius 2 is 1.58 bits per heavy atom. The van der Waals surface area contributed by atoms with Gasteiger partial charge in [-0.3, -0.25) is 0 Å². The molecule has 0 aliphatic rings. The zero-order valence-corrected chi connectivity index (χ0v) is 15.7. The SMILES string of the molecule is CC(C)c1ccc(NC(=S)N[C@@H](CN(C)C)c2ccccc2)cc1. The van der Waals surface area contributed by atoms with Crippen molar-refractivity contribution in [2.45, 2.75) is 25.8 Å². The van der Waals surface area contributed by atoms with E-state index in [0.29, 0.717) is 11.0 Å². The molecule has 0 aromatic heterocycles. The Balaban J connectivity index is 2.02. The maximum Gasteiger partial charge on any atom is 0.171 e. The van der Waals surface area contributed by atoms with Crippen LogP contribution in [0.4, 0.5) is 5.69 Å². The summed E-state index contributed by atoms with van der Waals surface area (Å²) in [5.74, 6) is 0.534. The summed E-state index contributed by atoms with van der Waals surface area (Å²) in [6, 6.07) is 19.0. The van der Waals surface area contributed by atoms with Crippen molar-refractivity contribution in [3.63, 3.8) is 0 Å². The van der Waals surface area contributed by atoms with E-state index in [4.69, 9.17) is 12.2 Å². The molecule has 2 aromatic carbocycles. The van der Waals surface area contributed by atoms with Gasteiger partial charge in [0.1, 0.15) is 0 Å². The van der Waals surface area contributed by atoms with Gasteiger partial charge in [0.25, 0.3) is 0 Å². The summed E-state index contributed by atoms with van der Waals surface area (Å²) in [6.45, 7) is 5.26. The highest BCUT2D eigenvalue weighted by molar-refractivity contribution is 7.80. The standard InChI is InChI=1S/C20H27N3S/c1-15(2)16-10-12-18(13-11-16)21-20(24)22-19(14-23(3)4)17-8-6-5-7-9-17/h5-13,15,19H,14H2,1-4H3,(H2,21,22,24)/t19-/m0/s1. The normalized spacial score (nSPS) is 12.2. The topological polar surface area (TPSA) is 27.3 Å². The number of hydrogen-bond acceptors (Lipinski definition) is 2. The molecule has 24 heavy (non-hydrogen) atoms. The molecule has 0 aliphatic heterocycles. The molecule has 0 bridgehead atoms. The van der Waals surface area contributed by atoms with E-state index in [0.717, 1.165) is 12.2 Å². The number of anilines is 1. The average Bonchev–Trinajstić information content (AvgIpc) is 2.55. The van der Waals surface area contributed by atoms with Crippen molar-refractivity contribution in [1.82, 2.24) is 10.2 Å². The molecule has 128 valence electrons. The van der Waals surface area contributed by atoms with Crippen LogP contribution in [0, 0.1) is 0 Å². The minimum Gasteiger partial charge on any atom is -0.354 e. The first-order valence-electron chi connectivity index (χ1n) is 8.33. The minimum absolute atomic E-state index is 0.149.